The highest BCUT2D eigenvalue weighted by Crippen LogP contribution is 2.34. The maximum atomic E-state index is 15.0. The minimum absolute atomic E-state index is 0.0509. The van der Waals surface area contributed by atoms with Crippen molar-refractivity contribution in [1.82, 2.24) is 5.32 Å². The van der Waals surface area contributed by atoms with Crippen LogP contribution in [0.15, 0.2) is 97.4 Å². The van der Waals surface area contributed by atoms with Crippen molar-refractivity contribution in [1.29, 1.82) is 5.41 Å². The Kier molecular flexibility index (Phi) is 8.94. The number of benzene rings is 2. The van der Waals surface area contributed by atoms with Crippen molar-refractivity contribution >= 4 is 22.8 Å². The molecule has 5 nitrogen and oxygen atoms in total. The van der Waals surface area contributed by atoms with Crippen LogP contribution in [0.1, 0.15) is 36.4 Å². The van der Waals surface area contributed by atoms with Gasteiger partial charge in [0, 0.05) is 23.3 Å². The first-order valence-electron chi connectivity index (χ1n) is 13.0. The summed E-state index contributed by atoms with van der Waals surface area (Å²) in [7, 11) is 0. The summed E-state index contributed by atoms with van der Waals surface area (Å²) in [4.78, 5) is 0. The van der Waals surface area contributed by atoms with Crippen molar-refractivity contribution in [2.24, 2.45) is 17.6 Å². The first-order valence-corrected chi connectivity index (χ1v) is 13.0. The molecule has 0 amide bonds. The Morgan fingerprint density at radius 3 is 2.52 bits per heavy atom. The lowest BCUT2D eigenvalue weighted by molar-refractivity contribution is -0.0584. The molecule has 0 aliphatic heterocycles. The molecule has 210 valence electrons. The number of halogens is 4. The predicted octanol–water partition coefficient (Wildman–Crippen LogP) is 7.43. The Morgan fingerprint density at radius 1 is 1.10 bits per heavy atom. The van der Waals surface area contributed by atoms with E-state index in [9.17, 15) is 13.2 Å². The Morgan fingerprint density at radius 2 is 1.88 bits per heavy atom. The summed E-state index contributed by atoms with van der Waals surface area (Å²) in [5.41, 5.74) is 6.11. The fraction of sp³-hybridized carbons (Fsp3) is 0.258. The van der Waals surface area contributed by atoms with E-state index in [-0.39, 0.29) is 34.7 Å². The summed E-state index contributed by atoms with van der Waals surface area (Å²) in [6.07, 6.45) is 7.14. The van der Waals surface area contributed by atoms with Crippen molar-refractivity contribution in [3.63, 3.8) is 0 Å². The molecule has 6 N–H and O–H groups in total. The van der Waals surface area contributed by atoms with Crippen molar-refractivity contribution in [2.75, 3.05) is 17.2 Å². The number of nitrogens with two attached hydrogens (primary N) is 1. The van der Waals surface area contributed by atoms with Crippen LogP contribution >= 0.6 is 0 Å². The van der Waals surface area contributed by atoms with Crippen LogP contribution in [0.4, 0.5) is 28.9 Å². The Labute approximate surface area is 231 Å². The monoisotopic (exact) mass is 551 g/mol. The molecule has 9 heteroatoms. The molecule has 2 aliphatic rings. The second-order valence-electron chi connectivity index (χ2n) is 10.1. The normalized spacial score (nSPS) is 17.8. The topological polar surface area (TPSA) is 86.0 Å². The summed E-state index contributed by atoms with van der Waals surface area (Å²) in [5.74, 6) is 0.219. The quantitative estimate of drug-likeness (QED) is 0.108. The molecule has 2 unspecified atom stereocenters. The van der Waals surface area contributed by atoms with E-state index in [2.05, 4.69) is 41.3 Å². The van der Waals surface area contributed by atoms with Crippen LogP contribution in [0, 0.1) is 23.1 Å². The molecule has 0 aromatic heterocycles. The molecule has 0 bridgehead atoms. The molecule has 1 fully saturated rings. The fourth-order valence-electron chi connectivity index (χ4n) is 4.42. The van der Waals surface area contributed by atoms with Gasteiger partial charge in [0.25, 0.3) is 0 Å². The van der Waals surface area contributed by atoms with E-state index in [0.29, 0.717) is 23.2 Å². The van der Waals surface area contributed by atoms with Gasteiger partial charge in [-0.25, -0.2) is 4.39 Å². The van der Waals surface area contributed by atoms with Gasteiger partial charge in [0.2, 0.25) is 0 Å². The molecule has 2 aliphatic carbocycles. The highest BCUT2D eigenvalue weighted by atomic mass is 19.4. The Bertz CT molecular complexity index is 1370. The van der Waals surface area contributed by atoms with Gasteiger partial charge >= 0.3 is 6.18 Å². The number of rotatable bonds is 12. The molecule has 0 heterocycles. The molecule has 2 aromatic rings. The Balaban J connectivity index is 1.61. The van der Waals surface area contributed by atoms with Gasteiger partial charge in [-0.05, 0) is 73.2 Å². The van der Waals surface area contributed by atoms with Gasteiger partial charge in [-0.1, -0.05) is 55.7 Å². The molecule has 0 saturated heterocycles. The standard InChI is InChI=1S/C31H33F4N5/c1-19(36)23-9-6-10-25(15-23)40-27(17-29(37)31(33,34)35)20(2)39-28-16-24(13-14-26(28)32)30(38-18-21-11-12-21)22-7-4-3-5-8-22/h3-7,9-10,13-17,21-22,30,37-40H,1-2,8,11-12,18,36H2/b27-17-,37-29?. The third kappa shape index (κ3) is 7.72. The van der Waals surface area contributed by atoms with Gasteiger partial charge in [0.15, 0.2) is 0 Å². The van der Waals surface area contributed by atoms with Crippen molar-refractivity contribution in [2.45, 2.75) is 31.5 Å². The van der Waals surface area contributed by atoms with Gasteiger partial charge in [0.05, 0.1) is 17.1 Å². The smallest absolute Gasteiger partial charge is 0.399 e. The van der Waals surface area contributed by atoms with Crippen molar-refractivity contribution < 1.29 is 17.6 Å². The number of hydrogen-bond acceptors (Lipinski definition) is 5. The first-order chi connectivity index (χ1) is 19.0. The van der Waals surface area contributed by atoms with Crippen molar-refractivity contribution in [3.8, 4) is 0 Å². The fourth-order valence-corrected chi connectivity index (χ4v) is 4.42. The lowest BCUT2D eigenvalue weighted by atomic mass is 9.87. The molecular weight excluding hydrogens is 518 g/mol. The van der Waals surface area contributed by atoms with Crippen LogP contribution in [0.2, 0.25) is 0 Å². The summed E-state index contributed by atoms with van der Waals surface area (Å²) < 4.78 is 54.8. The number of allylic oxidation sites excluding steroid dienone is 4. The van der Waals surface area contributed by atoms with Gasteiger partial charge in [-0.2, -0.15) is 13.2 Å². The molecule has 0 radical (unpaired) electrons. The minimum Gasteiger partial charge on any atom is -0.399 e. The molecule has 1 saturated carbocycles. The summed E-state index contributed by atoms with van der Waals surface area (Å²) >= 11 is 0. The largest absolute Gasteiger partial charge is 0.432 e. The average Bonchev–Trinajstić information content (AvgIpc) is 3.75. The second kappa shape index (κ2) is 12.4. The SMILES string of the molecule is C=C(Nc1cc(C(NCC2CC2)C2C=CC=CC2)ccc1F)/C(=C/C(=N)C(F)(F)F)Nc1cccc(C(=C)N)c1. The zero-order chi connectivity index (χ0) is 28.9. The van der Waals surface area contributed by atoms with Crippen molar-refractivity contribution in [3.05, 3.63) is 114 Å². The maximum Gasteiger partial charge on any atom is 0.432 e. The van der Waals surface area contributed by atoms with Gasteiger partial charge in [0.1, 0.15) is 11.5 Å². The summed E-state index contributed by atoms with van der Waals surface area (Å²) in [6.45, 7) is 8.40. The van der Waals surface area contributed by atoms with E-state index in [1.165, 1.54) is 18.9 Å². The third-order valence-corrected chi connectivity index (χ3v) is 6.83. The maximum absolute atomic E-state index is 15.0. The van der Waals surface area contributed by atoms with Crippen LogP contribution in [0.3, 0.4) is 0 Å². The third-order valence-electron chi connectivity index (χ3n) is 6.83. The number of hydrogen-bond donors (Lipinski definition) is 5. The highest BCUT2D eigenvalue weighted by Gasteiger charge is 2.33. The van der Waals surface area contributed by atoms with Crippen LogP contribution in [0.25, 0.3) is 5.70 Å². The van der Waals surface area contributed by atoms with Gasteiger partial charge in [-0.15, -0.1) is 0 Å². The predicted molar refractivity (Wildman–Crippen MR) is 154 cm³/mol. The van der Waals surface area contributed by atoms with Crippen LogP contribution in [0.5, 0.6) is 0 Å². The molecule has 2 aromatic carbocycles. The summed E-state index contributed by atoms with van der Waals surface area (Å²) in [5, 5.41) is 16.8. The first kappa shape index (κ1) is 28.9. The Hall–Kier alpha value is -4.11. The number of nitrogens with one attached hydrogen (secondary N) is 4. The van der Waals surface area contributed by atoms with Crippen LogP contribution in [-0.4, -0.2) is 18.4 Å². The van der Waals surface area contributed by atoms with E-state index in [1.54, 1.807) is 36.4 Å². The second-order valence-corrected chi connectivity index (χ2v) is 10.1. The molecule has 40 heavy (non-hydrogen) atoms. The average molecular weight is 552 g/mol. The molecule has 2 atom stereocenters. The minimum atomic E-state index is -4.88. The lowest BCUT2D eigenvalue weighted by Gasteiger charge is -2.28. The van der Waals surface area contributed by atoms with E-state index in [0.717, 1.165) is 18.5 Å². The number of alkyl halides is 3. The van der Waals surface area contributed by atoms with Crippen LogP contribution in [-0.2, 0) is 0 Å². The van der Waals surface area contributed by atoms with E-state index in [1.807, 2.05) is 12.2 Å². The zero-order valence-electron chi connectivity index (χ0n) is 22.0. The molecule has 4 rings (SSSR count). The van der Waals surface area contributed by atoms with E-state index >= 15 is 4.39 Å². The highest BCUT2D eigenvalue weighted by molar-refractivity contribution is 5.98. The zero-order valence-corrected chi connectivity index (χ0v) is 22.0. The lowest BCUT2D eigenvalue weighted by Crippen LogP contribution is -2.29. The van der Waals surface area contributed by atoms with E-state index < -0.39 is 17.7 Å². The van der Waals surface area contributed by atoms with Crippen LogP contribution < -0.4 is 21.7 Å². The van der Waals surface area contributed by atoms with E-state index in [4.69, 9.17) is 11.1 Å². The molecule has 0 spiro atoms. The molecular formula is C31H33F4N5. The number of anilines is 2. The van der Waals surface area contributed by atoms with Gasteiger partial charge in [-0.3, -0.25) is 5.41 Å². The summed E-state index contributed by atoms with van der Waals surface area (Å²) in [6, 6.07) is 11.2. The van der Waals surface area contributed by atoms with Gasteiger partial charge < -0.3 is 21.7 Å².